The first kappa shape index (κ1) is 37.2. The van der Waals surface area contributed by atoms with E-state index in [1.165, 1.54) is 0 Å². The Bertz CT molecular complexity index is 2130. The number of hydrogen-bond donors (Lipinski definition) is 3. The van der Waals surface area contributed by atoms with Crippen LogP contribution in [0.2, 0.25) is 0 Å². The van der Waals surface area contributed by atoms with E-state index in [1.807, 2.05) is 109 Å². The van der Waals surface area contributed by atoms with Gasteiger partial charge in [0.05, 0.1) is 13.2 Å². The number of nitrogens with zero attached hydrogens (tertiary/aromatic N) is 2. The number of nitrogens with one attached hydrogen (secondary N) is 1. The first-order chi connectivity index (χ1) is 27.8. The Balaban J connectivity index is 1.09. The second-order valence-corrected chi connectivity index (χ2v) is 15.4. The quantitative estimate of drug-likeness (QED) is 0.190. The van der Waals surface area contributed by atoms with Gasteiger partial charge in [-0.15, -0.1) is 0 Å². The lowest BCUT2D eigenvalue weighted by molar-refractivity contribution is -0.214. The Morgan fingerprint density at radius 3 is 2.35 bits per heavy atom. The number of para-hydroxylation sites is 1. The van der Waals surface area contributed by atoms with E-state index in [4.69, 9.17) is 19.0 Å². The molecule has 4 saturated heterocycles. The van der Waals surface area contributed by atoms with Gasteiger partial charge in [-0.05, 0) is 42.0 Å². The molecule has 12 heteroatoms. The van der Waals surface area contributed by atoms with Crippen molar-refractivity contribution in [3.8, 4) is 5.75 Å². The van der Waals surface area contributed by atoms with E-state index in [0.29, 0.717) is 25.8 Å². The SMILES string of the molecule is O=C(NCCO)[C@H]1CCCN1C(=O)[C@@]12C[C@H]3OC(=O)[C@@H]1N(Cc1cccc(C=CCc4ccccc4O)c1)O[C@@H]2[C@H]1OC(c2ccccc2)(c2ccccc2)O[C@H]13. The molecule has 1 saturated carbocycles. The van der Waals surface area contributed by atoms with Crippen molar-refractivity contribution in [2.75, 3.05) is 19.7 Å². The number of aliphatic hydroxyl groups is 1. The van der Waals surface area contributed by atoms with Crippen LogP contribution in [0.4, 0.5) is 0 Å². The van der Waals surface area contributed by atoms with Gasteiger partial charge in [0.1, 0.15) is 41.6 Å². The highest BCUT2D eigenvalue weighted by atomic mass is 16.8. The van der Waals surface area contributed by atoms with E-state index >= 15 is 4.79 Å². The zero-order valence-electron chi connectivity index (χ0n) is 31.3. The fraction of sp³-hybridized carbons (Fsp3) is 0.356. The van der Waals surface area contributed by atoms with Gasteiger partial charge >= 0.3 is 5.97 Å². The van der Waals surface area contributed by atoms with E-state index in [1.54, 1.807) is 22.1 Å². The number of aromatic hydroxyl groups is 1. The minimum atomic E-state index is -1.47. The van der Waals surface area contributed by atoms with Gasteiger partial charge in [0.2, 0.25) is 17.6 Å². The molecule has 3 N–H and O–H groups in total. The van der Waals surface area contributed by atoms with Crippen LogP contribution in [-0.4, -0.2) is 94.2 Å². The summed E-state index contributed by atoms with van der Waals surface area (Å²) < 4.78 is 20.4. The number of hydroxylamine groups is 2. The molecule has 2 bridgehead atoms. The van der Waals surface area contributed by atoms with Gasteiger partial charge in [0.25, 0.3) is 0 Å². The summed E-state index contributed by atoms with van der Waals surface area (Å²) in [5.74, 6) is -2.46. The molecule has 4 heterocycles. The first-order valence-electron chi connectivity index (χ1n) is 19.6. The lowest BCUT2D eigenvalue weighted by atomic mass is 9.62. The van der Waals surface area contributed by atoms with Crippen LogP contribution in [0.3, 0.4) is 0 Å². The number of benzene rings is 4. The molecular weight excluding hydrogens is 727 g/mol. The van der Waals surface area contributed by atoms with Crippen molar-refractivity contribution in [1.82, 2.24) is 15.3 Å². The number of phenols is 1. The number of aliphatic hydroxyl groups excluding tert-OH is 1. The van der Waals surface area contributed by atoms with Crippen LogP contribution in [0.15, 0.2) is 115 Å². The largest absolute Gasteiger partial charge is 0.508 e. The summed E-state index contributed by atoms with van der Waals surface area (Å²) in [5.41, 5.74) is 2.57. The average molecular weight is 772 g/mol. The lowest BCUT2D eigenvalue weighted by Gasteiger charge is -2.50. The summed E-state index contributed by atoms with van der Waals surface area (Å²) in [7, 11) is 0. The summed E-state index contributed by atoms with van der Waals surface area (Å²) in [5, 5.41) is 23.9. The number of carbonyl (C=O) groups is 3. The maximum absolute atomic E-state index is 15.4. The van der Waals surface area contributed by atoms with E-state index in [-0.39, 0.29) is 43.7 Å². The first-order valence-corrected chi connectivity index (χ1v) is 19.6. The Labute approximate surface area is 330 Å². The molecule has 5 fully saturated rings. The zero-order valence-corrected chi connectivity index (χ0v) is 31.3. The Hall–Kier alpha value is -5.37. The fourth-order valence-electron chi connectivity index (χ4n) is 9.50. The Kier molecular flexibility index (Phi) is 9.91. The van der Waals surface area contributed by atoms with Crippen LogP contribution < -0.4 is 5.32 Å². The molecule has 4 aromatic carbocycles. The molecule has 57 heavy (non-hydrogen) atoms. The van der Waals surface area contributed by atoms with E-state index in [2.05, 4.69) is 5.32 Å². The van der Waals surface area contributed by atoms with Crippen LogP contribution in [-0.2, 0) is 52.2 Å². The van der Waals surface area contributed by atoms with Crippen molar-refractivity contribution >= 4 is 23.9 Å². The highest BCUT2D eigenvalue weighted by molar-refractivity contribution is 5.96. The molecule has 0 spiro atoms. The van der Waals surface area contributed by atoms with Crippen molar-refractivity contribution in [2.45, 2.75) is 74.5 Å². The molecule has 1 aliphatic carbocycles. The topological polar surface area (TPSA) is 147 Å². The number of amides is 2. The highest BCUT2D eigenvalue weighted by Gasteiger charge is 2.77. The van der Waals surface area contributed by atoms with Gasteiger partial charge in [-0.25, -0.2) is 0 Å². The van der Waals surface area contributed by atoms with Gasteiger partial charge < -0.3 is 34.6 Å². The summed E-state index contributed by atoms with van der Waals surface area (Å²) in [6.45, 7) is 0.321. The van der Waals surface area contributed by atoms with Crippen LogP contribution >= 0.6 is 0 Å². The Morgan fingerprint density at radius 2 is 1.61 bits per heavy atom. The van der Waals surface area contributed by atoms with Crippen LogP contribution in [0.5, 0.6) is 5.75 Å². The predicted molar refractivity (Wildman–Crippen MR) is 207 cm³/mol. The van der Waals surface area contributed by atoms with Crippen molar-refractivity contribution in [3.05, 3.63) is 143 Å². The fourth-order valence-corrected chi connectivity index (χ4v) is 9.50. The van der Waals surface area contributed by atoms with Crippen LogP contribution in [0, 0.1) is 5.41 Å². The molecule has 12 nitrogen and oxygen atoms in total. The van der Waals surface area contributed by atoms with E-state index < -0.39 is 53.7 Å². The molecule has 4 aromatic rings. The number of esters is 1. The average Bonchev–Trinajstić information content (AvgIpc) is 3.98. The van der Waals surface area contributed by atoms with Crippen LogP contribution in [0.1, 0.15) is 47.1 Å². The standard InChI is InChI=1S/C45H45N3O9/c49-25-23-46-41(51)34-21-11-24-47(34)43(53)44-27-36-37-38(56-45(55-37,32-17-3-1-4-18-32)33-19-5-2-6-20-33)40(44)57-48(39(44)42(52)54-36)28-30-14-9-12-29(26-30)13-10-16-31-15-7-8-22-35(31)50/h1-10,12-15,17-20,22,26,34,36-40,49-50H,11,16,21,23-25,27-28H2,(H,46,51)/t34-,36-,37+,38+,39+,40-,44+/m1/s1. The molecule has 294 valence electrons. The van der Waals surface area contributed by atoms with E-state index in [9.17, 15) is 19.8 Å². The minimum absolute atomic E-state index is 0.0675. The molecule has 0 radical (unpaired) electrons. The lowest BCUT2D eigenvalue weighted by Crippen LogP contribution is -2.70. The zero-order chi connectivity index (χ0) is 39.1. The van der Waals surface area contributed by atoms with Crippen molar-refractivity contribution in [1.29, 1.82) is 0 Å². The molecule has 5 aliphatic rings. The second kappa shape index (κ2) is 15.2. The van der Waals surface area contributed by atoms with Crippen molar-refractivity contribution in [3.63, 3.8) is 0 Å². The number of carbonyl (C=O) groups excluding carboxylic acids is 3. The number of phenolic OH excluding ortho intramolecular Hbond substituents is 1. The van der Waals surface area contributed by atoms with Gasteiger partial charge in [-0.2, -0.15) is 5.06 Å². The highest BCUT2D eigenvalue weighted by Crippen LogP contribution is 2.60. The molecule has 9 rings (SSSR count). The number of allylic oxidation sites excluding steroid dienone is 1. The van der Waals surface area contributed by atoms with Gasteiger partial charge in [0, 0.05) is 30.6 Å². The van der Waals surface area contributed by atoms with Crippen molar-refractivity contribution in [2.24, 2.45) is 5.41 Å². The molecular formula is C45H45N3O9. The summed E-state index contributed by atoms with van der Waals surface area (Å²) in [6.07, 6.45) is 2.24. The maximum atomic E-state index is 15.4. The second-order valence-electron chi connectivity index (χ2n) is 15.4. The molecule has 0 unspecified atom stereocenters. The Morgan fingerprint density at radius 1 is 0.895 bits per heavy atom. The van der Waals surface area contributed by atoms with E-state index in [0.717, 1.165) is 27.8 Å². The van der Waals surface area contributed by atoms with Crippen LogP contribution in [0.25, 0.3) is 6.08 Å². The number of ether oxygens (including phenoxy) is 3. The molecule has 2 amide bonds. The molecule has 7 atom stereocenters. The normalized spacial score (nSPS) is 28.6. The molecule has 4 aliphatic heterocycles. The van der Waals surface area contributed by atoms with Crippen molar-refractivity contribution < 1.29 is 43.6 Å². The summed E-state index contributed by atoms with van der Waals surface area (Å²) in [4.78, 5) is 51.7. The molecule has 0 aromatic heterocycles. The number of rotatable bonds is 11. The van der Waals surface area contributed by atoms with Gasteiger partial charge in [-0.3, -0.25) is 19.2 Å². The predicted octanol–water partition coefficient (Wildman–Crippen LogP) is 4.23. The number of hydrogen-bond acceptors (Lipinski definition) is 10. The minimum Gasteiger partial charge on any atom is -0.508 e. The summed E-state index contributed by atoms with van der Waals surface area (Å²) in [6, 6.07) is 32.3. The maximum Gasteiger partial charge on any atom is 0.327 e. The third-order valence-corrected chi connectivity index (χ3v) is 12.0. The monoisotopic (exact) mass is 771 g/mol. The van der Waals surface area contributed by atoms with Gasteiger partial charge in [-0.1, -0.05) is 115 Å². The number of likely N-dealkylation sites (tertiary alicyclic amines) is 1. The summed E-state index contributed by atoms with van der Waals surface area (Å²) >= 11 is 0. The third kappa shape index (κ3) is 6.41. The smallest absolute Gasteiger partial charge is 0.327 e. The van der Waals surface area contributed by atoms with Gasteiger partial charge in [0.15, 0.2) is 6.04 Å². The third-order valence-electron chi connectivity index (χ3n) is 12.0. The number of fused-ring (bicyclic) bond motifs is 4.